The summed E-state index contributed by atoms with van der Waals surface area (Å²) in [6.45, 7) is 0.00851. The number of benzene rings is 1. The van der Waals surface area contributed by atoms with Gasteiger partial charge in [0.25, 0.3) is 5.91 Å². The molecule has 0 bridgehead atoms. The van der Waals surface area contributed by atoms with E-state index in [0.29, 0.717) is 0 Å². The lowest BCUT2D eigenvalue weighted by atomic mass is 10.2. The Balaban J connectivity index is 2.02. The van der Waals surface area contributed by atoms with Crippen molar-refractivity contribution in [3.63, 3.8) is 0 Å². The van der Waals surface area contributed by atoms with Crippen LogP contribution in [-0.4, -0.2) is 29.1 Å². The zero-order chi connectivity index (χ0) is 14.0. The van der Waals surface area contributed by atoms with Crippen LogP contribution in [0.15, 0.2) is 18.2 Å². The van der Waals surface area contributed by atoms with E-state index in [1.807, 2.05) is 0 Å². The van der Waals surface area contributed by atoms with E-state index < -0.39 is 23.9 Å². The molecule has 2 rings (SSSR count). The van der Waals surface area contributed by atoms with E-state index in [1.165, 1.54) is 12.1 Å². The standard InChI is InChI=1S/C12H12Cl2F2N2O/c13-9-3-1-2-7(11(9)16)6-18(14)12(19)10-4-8(15)5-17-10/h1-3,8,10,17H,4-6H2/t8-,10+/m1/s1. The summed E-state index contributed by atoms with van der Waals surface area (Å²) < 4.78 is 27.5. The molecule has 2 atom stereocenters. The average Bonchev–Trinajstić information content (AvgIpc) is 2.80. The van der Waals surface area contributed by atoms with Gasteiger partial charge in [-0.1, -0.05) is 23.7 Å². The molecule has 1 heterocycles. The Kier molecular flexibility index (Phi) is 4.60. The lowest BCUT2D eigenvalue weighted by Crippen LogP contribution is -2.38. The maximum absolute atomic E-state index is 13.7. The summed E-state index contributed by atoms with van der Waals surface area (Å²) in [6.07, 6.45) is -0.970. The summed E-state index contributed by atoms with van der Waals surface area (Å²) in [6, 6.07) is 3.81. The summed E-state index contributed by atoms with van der Waals surface area (Å²) in [5.41, 5.74) is 0.214. The molecule has 0 unspecified atom stereocenters. The molecule has 0 spiro atoms. The molecule has 1 aromatic rings. The van der Waals surface area contributed by atoms with Crippen LogP contribution in [0.2, 0.25) is 5.02 Å². The smallest absolute Gasteiger partial charge is 0.254 e. The third-order valence-electron chi connectivity index (χ3n) is 2.96. The molecule has 7 heteroatoms. The van der Waals surface area contributed by atoms with Crippen molar-refractivity contribution in [1.29, 1.82) is 0 Å². The first-order chi connectivity index (χ1) is 8.99. The fraction of sp³-hybridized carbons (Fsp3) is 0.417. The SMILES string of the molecule is O=C([C@@H]1C[C@@H](F)CN1)N(Cl)Cc1cccc(Cl)c1F. The van der Waals surface area contributed by atoms with Crippen LogP contribution in [0.5, 0.6) is 0 Å². The van der Waals surface area contributed by atoms with Gasteiger partial charge in [-0.15, -0.1) is 0 Å². The molecule has 1 aromatic carbocycles. The predicted octanol–water partition coefficient (Wildman–Crippen LogP) is 2.66. The van der Waals surface area contributed by atoms with Crippen molar-refractivity contribution in [3.8, 4) is 0 Å². The molecule has 1 aliphatic heterocycles. The Hall–Kier alpha value is -0.910. The molecular weight excluding hydrogens is 297 g/mol. The Bertz CT molecular complexity index is 487. The number of hydrogen-bond acceptors (Lipinski definition) is 2. The summed E-state index contributed by atoms with van der Waals surface area (Å²) >= 11 is 11.5. The van der Waals surface area contributed by atoms with Crippen LogP contribution in [0, 0.1) is 5.82 Å². The second kappa shape index (κ2) is 6.03. The van der Waals surface area contributed by atoms with Gasteiger partial charge in [0, 0.05) is 30.3 Å². The number of nitrogens with zero attached hydrogens (tertiary/aromatic N) is 1. The van der Waals surface area contributed by atoms with Crippen molar-refractivity contribution < 1.29 is 13.6 Å². The number of hydrogen-bond donors (Lipinski definition) is 1. The minimum Gasteiger partial charge on any atom is -0.303 e. The normalized spacial score (nSPS) is 22.5. The first-order valence-electron chi connectivity index (χ1n) is 5.76. The number of alkyl halides is 1. The van der Waals surface area contributed by atoms with Crippen molar-refractivity contribution in [3.05, 3.63) is 34.6 Å². The van der Waals surface area contributed by atoms with Crippen molar-refractivity contribution >= 4 is 29.3 Å². The van der Waals surface area contributed by atoms with Crippen molar-refractivity contribution in [2.45, 2.75) is 25.2 Å². The van der Waals surface area contributed by atoms with E-state index in [9.17, 15) is 13.6 Å². The van der Waals surface area contributed by atoms with Gasteiger partial charge in [-0.3, -0.25) is 4.79 Å². The van der Waals surface area contributed by atoms with E-state index in [-0.39, 0.29) is 30.1 Å². The summed E-state index contributed by atoms with van der Waals surface area (Å²) in [5, 5.41) is 2.70. The van der Waals surface area contributed by atoms with Gasteiger partial charge in [-0.2, -0.15) is 0 Å². The maximum Gasteiger partial charge on any atom is 0.254 e. The van der Waals surface area contributed by atoms with Crippen molar-refractivity contribution in [1.82, 2.24) is 9.74 Å². The van der Waals surface area contributed by atoms with Crippen LogP contribution >= 0.6 is 23.4 Å². The van der Waals surface area contributed by atoms with Crippen LogP contribution in [0.3, 0.4) is 0 Å². The number of halogens is 4. The van der Waals surface area contributed by atoms with Gasteiger partial charge in [0.15, 0.2) is 0 Å². The summed E-state index contributed by atoms with van der Waals surface area (Å²) in [5.74, 6) is -1.08. The Morgan fingerprint density at radius 2 is 2.26 bits per heavy atom. The van der Waals surface area contributed by atoms with Crippen molar-refractivity contribution in [2.75, 3.05) is 6.54 Å². The zero-order valence-electron chi connectivity index (χ0n) is 9.88. The fourth-order valence-corrected chi connectivity index (χ4v) is 2.39. The number of carbonyl (C=O) groups excluding carboxylic acids is 1. The minimum atomic E-state index is -1.05. The Morgan fingerprint density at radius 3 is 2.89 bits per heavy atom. The van der Waals surface area contributed by atoms with E-state index in [2.05, 4.69) is 5.32 Å². The molecule has 0 radical (unpaired) electrons. The lowest BCUT2D eigenvalue weighted by molar-refractivity contribution is -0.128. The van der Waals surface area contributed by atoms with Crippen LogP contribution in [0.4, 0.5) is 8.78 Å². The molecule has 1 N–H and O–H groups in total. The largest absolute Gasteiger partial charge is 0.303 e. The molecule has 104 valence electrons. The molecule has 1 amide bonds. The average molecular weight is 309 g/mol. The first kappa shape index (κ1) is 14.5. The molecule has 0 aliphatic carbocycles. The van der Waals surface area contributed by atoms with Gasteiger partial charge in [0.05, 0.1) is 17.6 Å². The van der Waals surface area contributed by atoms with Crippen LogP contribution in [0.25, 0.3) is 0 Å². The van der Waals surface area contributed by atoms with Gasteiger partial charge < -0.3 is 5.32 Å². The quantitative estimate of drug-likeness (QED) is 0.871. The third kappa shape index (κ3) is 3.35. The number of nitrogens with one attached hydrogen (secondary N) is 1. The molecule has 0 saturated carbocycles. The lowest BCUT2D eigenvalue weighted by Gasteiger charge is -2.18. The molecule has 0 aromatic heterocycles. The molecule has 1 saturated heterocycles. The highest BCUT2D eigenvalue weighted by molar-refractivity contribution is 6.30. The van der Waals surface area contributed by atoms with E-state index in [4.69, 9.17) is 23.4 Å². The van der Waals surface area contributed by atoms with Crippen LogP contribution < -0.4 is 5.32 Å². The molecule has 19 heavy (non-hydrogen) atoms. The summed E-state index contributed by atoms with van der Waals surface area (Å²) in [4.78, 5) is 11.9. The third-order valence-corrected chi connectivity index (χ3v) is 3.53. The van der Waals surface area contributed by atoms with Gasteiger partial charge in [-0.05, 0) is 6.07 Å². The molecule has 1 fully saturated rings. The topological polar surface area (TPSA) is 32.3 Å². The monoisotopic (exact) mass is 308 g/mol. The van der Waals surface area contributed by atoms with E-state index in [1.54, 1.807) is 6.07 Å². The minimum absolute atomic E-state index is 0.0298. The Morgan fingerprint density at radius 1 is 1.53 bits per heavy atom. The van der Waals surface area contributed by atoms with Gasteiger partial charge in [0.1, 0.15) is 12.0 Å². The summed E-state index contributed by atoms with van der Waals surface area (Å²) in [7, 11) is 0. The highest BCUT2D eigenvalue weighted by Gasteiger charge is 2.32. The van der Waals surface area contributed by atoms with Gasteiger partial charge in [-0.25, -0.2) is 13.2 Å². The van der Waals surface area contributed by atoms with Crippen LogP contribution in [-0.2, 0) is 11.3 Å². The van der Waals surface area contributed by atoms with E-state index >= 15 is 0 Å². The van der Waals surface area contributed by atoms with Gasteiger partial charge >= 0.3 is 0 Å². The van der Waals surface area contributed by atoms with Crippen molar-refractivity contribution in [2.24, 2.45) is 0 Å². The first-order valence-corrected chi connectivity index (χ1v) is 6.48. The van der Waals surface area contributed by atoms with Crippen LogP contribution in [0.1, 0.15) is 12.0 Å². The second-order valence-electron chi connectivity index (χ2n) is 4.37. The highest BCUT2D eigenvalue weighted by atomic mass is 35.5. The predicted molar refractivity (Wildman–Crippen MR) is 69.1 cm³/mol. The maximum atomic E-state index is 13.7. The molecule has 1 aliphatic rings. The second-order valence-corrected chi connectivity index (χ2v) is 5.18. The van der Waals surface area contributed by atoms with E-state index in [0.717, 1.165) is 4.42 Å². The van der Waals surface area contributed by atoms with Gasteiger partial charge in [0.2, 0.25) is 0 Å². The molecular formula is C12H12Cl2F2N2O. The Labute approximate surface area is 119 Å². The fourth-order valence-electron chi connectivity index (χ4n) is 1.95. The molecule has 3 nitrogen and oxygen atoms in total. The number of rotatable bonds is 3. The number of amides is 1. The zero-order valence-corrected chi connectivity index (χ0v) is 11.4. The highest BCUT2D eigenvalue weighted by Crippen LogP contribution is 2.21. The number of carbonyl (C=O) groups is 1.